The Bertz CT molecular complexity index is 460. The molecule has 2 heterocycles. The first-order valence-electron chi connectivity index (χ1n) is 4.37. The molecule has 0 aromatic carbocycles. The number of rotatable bonds is 1. The minimum absolute atomic E-state index is 0.732. The summed E-state index contributed by atoms with van der Waals surface area (Å²) >= 11 is 0. The summed E-state index contributed by atoms with van der Waals surface area (Å²) in [6, 6.07) is 1.81. The predicted octanol–water partition coefficient (Wildman–Crippen LogP) is 0.983. The van der Waals surface area contributed by atoms with Crippen molar-refractivity contribution in [3.8, 4) is 5.82 Å². The van der Waals surface area contributed by atoms with Gasteiger partial charge in [-0.2, -0.15) is 4.68 Å². The van der Waals surface area contributed by atoms with Gasteiger partial charge in [0.05, 0.1) is 0 Å². The second kappa shape index (κ2) is 3.17. The van der Waals surface area contributed by atoms with E-state index in [2.05, 4.69) is 20.1 Å². The highest BCUT2D eigenvalue weighted by molar-refractivity contribution is 5.20. The molecule has 0 bridgehead atoms. The van der Waals surface area contributed by atoms with Crippen molar-refractivity contribution in [3.63, 3.8) is 0 Å². The first-order valence-corrected chi connectivity index (χ1v) is 4.37. The molecule has 5 nitrogen and oxygen atoms in total. The normalized spacial score (nSPS) is 10.5. The van der Waals surface area contributed by atoms with Crippen molar-refractivity contribution < 1.29 is 0 Å². The average molecular weight is 189 g/mol. The highest BCUT2D eigenvalue weighted by Gasteiger charge is 2.05. The van der Waals surface area contributed by atoms with Gasteiger partial charge in [-0.05, 0) is 20.8 Å². The van der Waals surface area contributed by atoms with E-state index in [4.69, 9.17) is 0 Å². The van der Waals surface area contributed by atoms with Gasteiger partial charge in [-0.1, -0.05) is 0 Å². The molecule has 0 aliphatic rings. The van der Waals surface area contributed by atoms with Gasteiger partial charge in [0.1, 0.15) is 17.5 Å². The van der Waals surface area contributed by atoms with Crippen LogP contribution in [0, 0.1) is 20.8 Å². The van der Waals surface area contributed by atoms with Gasteiger partial charge in [-0.15, -0.1) is 5.10 Å². The molecular formula is C9H11N5. The van der Waals surface area contributed by atoms with Crippen molar-refractivity contribution in [1.82, 2.24) is 24.7 Å². The number of aryl methyl sites for hydroxylation is 3. The molecule has 0 atom stereocenters. The maximum atomic E-state index is 4.27. The Balaban J connectivity index is 2.54. The Morgan fingerprint density at radius 2 is 1.86 bits per heavy atom. The smallest absolute Gasteiger partial charge is 0.159 e. The zero-order chi connectivity index (χ0) is 10.1. The lowest BCUT2D eigenvalue weighted by atomic mass is 10.5. The van der Waals surface area contributed by atoms with Crippen LogP contribution in [-0.2, 0) is 0 Å². The Labute approximate surface area is 81.8 Å². The number of nitrogens with zero attached hydrogens (tertiary/aromatic N) is 5. The van der Waals surface area contributed by atoms with Crippen molar-refractivity contribution in [2.24, 2.45) is 0 Å². The molecule has 2 aromatic rings. The van der Waals surface area contributed by atoms with Gasteiger partial charge in [0.25, 0.3) is 0 Å². The summed E-state index contributed by atoms with van der Waals surface area (Å²) in [5.41, 5.74) is 0. The number of hydrogen-bond acceptors (Lipinski definition) is 4. The van der Waals surface area contributed by atoms with Crippen LogP contribution >= 0.6 is 0 Å². The van der Waals surface area contributed by atoms with Crippen LogP contribution in [0.3, 0.4) is 0 Å². The van der Waals surface area contributed by atoms with Crippen LogP contribution in [0.15, 0.2) is 12.3 Å². The van der Waals surface area contributed by atoms with E-state index in [-0.39, 0.29) is 0 Å². The Morgan fingerprint density at radius 1 is 1.07 bits per heavy atom. The lowest BCUT2D eigenvalue weighted by Crippen LogP contribution is -2.03. The minimum atomic E-state index is 0.732. The van der Waals surface area contributed by atoms with Crippen molar-refractivity contribution in [2.75, 3.05) is 0 Å². The first kappa shape index (κ1) is 8.80. The van der Waals surface area contributed by atoms with Gasteiger partial charge < -0.3 is 0 Å². The molecule has 2 rings (SSSR count). The third-order valence-corrected chi connectivity index (χ3v) is 1.85. The van der Waals surface area contributed by atoms with E-state index in [1.54, 1.807) is 10.9 Å². The quantitative estimate of drug-likeness (QED) is 0.671. The SMILES string of the molecule is Cc1nccc(-n2nc(C)nc2C)n1. The fourth-order valence-electron chi connectivity index (χ4n) is 1.30. The minimum Gasteiger partial charge on any atom is -0.242 e. The molecule has 0 saturated carbocycles. The lowest BCUT2D eigenvalue weighted by Gasteiger charge is -2.01. The van der Waals surface area contributed by atoms with Crippen molar-refractivity contribution in [2.45, 2.75) is 20.8 Å². The third-order valence-electron chi connectivity index (χ3n) is 1.85. The van der Waals surface area contributed by atoms with Crippen LogP contribution in [0.5, 0.6) is 0 Å². The molecule has 0 amide bonds. The molecule has 5 heteroatoms. The van der Waals surface area contributed by atoms with Crippen molar-refractivity contribution in [1.29, 1.82) is 0 Å². The average Bonchev–Trinajstić information content (AvgIpc) is 2.45. The molecule has 14 heavy (non-hydrogen) atoms. The second-order valence-corrected chi connectivity index (χ2v) is 3.08. The molecule has 0 N–H and O–H groups in total. The van der Waals surface area contributed by atoms with Gasteiger partial charge in [-0.25, -0.2) is 15.0 Å². The van der Waals surface area contributed by atoms with E-state index < -0.39 is 0 Å². The van der Waals surface area contributed by atoms with E-state index in [1.807, 2.05) is 26.8 Å². The van der Waals surface area contributed by atoms with Gasteiger partial charge >= 0.3 is 0 Å². The fourth-order valence-corrected chi connectivity index (χ4v) is 1.30. The molecular weight excluding hydrogens is 178 g/mol. The zero-order valence-electron chi connectivity index (χ0n) is 8.39. The van der Waals surface area contributed by atoms with Crippen LogP contribution in [0.2, 0.25) is 0 Å². The van der Waals surface area contributed by atoms with E-state index in [9.17, 15) is 0 Å². The van der Waals surface area contributed by atoms with E-state index in [0.29, 0.717) is 0 Å². The molecule has 0 aliphatic carbocycles. The third kappa shape index (κ3) is 1.48. The van der Waals surface area contributed by atoms with E-state index >= 15 is 0 Å². The number of aromatic nitrogens is 5. The maximum absolute atomic E-state index is 4.27. The van der Waals surface area contributed by atoms with Crippen molar-refractivity contribution in [3.05, 3.63) is 29.7 Å². The lowest BCUT2D eigenvalue weighted by molar-refractivity contribution is 0.790. The molecule has 0 unspecified atom stereocenters. The van der Waals surface area contributed by atoms with Crippen LogP contribution < -0.4 is 0 Å². The summed E-state index contributed by atoms with van der Waals surface area (Å²) in [6.07, 6.45) is 1.72. The largest absolute Gasteiger partial charge is 0.242 e. The summed E-state index contributed by atoms with van der Waals surface area (Å²) in [5, 5.41) is 4.24. The van der Waals surface area contributed by atoms with E-state index in [1.165, 1.54) is 0 Å². The standard InChI is InChI=1S/C9H11N5/c1-6-10-5-4-9(12-6)14-8(3)11-7(2)13-14/h4-5H,1-3H3. The molecule has 0 spiro atoms. The Hall–Kier alpha value is -1.78. The van der Waals surface area contributed by atoms with Gasteiger partial charge in [0.2, 0.25) is 0 Å². The van der Waals surface area contributed by atoms with Crippen LogP contribution in [0.4, 0.5) is 0 Å². The summed E-state index contributed by atoms with van der Waals surface area (Å²) in [6.45, 7) is 5.61. The van der Waals surface area contributed by atoms with Crippen LogP contribution in [0.25, 0.3) is 5.82 Å². The number of hydrogen-bond donors (Lipinski definition) is 0. The molecule has 0 aliphatic heterocycles. The Morgan fingerprint density at radius 3 is 2.43 bits per heavy atom. The highest BCUT2D eigenvalue weighted by atomic mass is 15.4. The molecule has 0 fully saturated rings. The molecule has 0 saturated heterocycles. The topological polar surface area (TPSA) is 56.5 Å². The molecule has 2 aromatic heterocycles. The van der Waals surface area contributed by atoms with Gasteiger partial charge in [0.15, 0.2) is 5.82 Å². The Kier molecular flexibility index (Phi) is 1.99. The van der Waals surface area contributed by atoms with Gasteiger partial charge in [0, 0.05) is 12.3 Å². The monoisotopic (exact) mass is 189 g/mol. The van der Waals surface area contributed by atoms with Gasteiger partial charge in [-0.3, -0.25) is 0 Å². The zero-order valence-corrected chi connectivity index (χ0v) is 8.39. The first-order chi connectivity index (χ1) is 6.66. The van der Waals surface area contributed by atoms with E-state index in [0.717, 1.165) is 23.3 Å². The fraction of sp³-hybridized carbons (Fsp3) is 0.333. The molecule has 0 radical (unpaired) electrons. The maximum Gasteiger partial charge on any atom is 0.159 e. The molecule has 72 valence electrons. The summed E-state index contributed by atoms with van der Waals surface area (Å²) in [4.78, 5) is 12.5. The van der Waals surface area contributed by atoms with Crippen LogP contribution in [0.1, 0.15) is 17.5 Å². The summed E-state index contributed by atoms with van der Waals surface area (Å²) in [5.74, 6) is 3.07. The summed E-state index contributed by atoms with van der Waals surface area (Å²) < 4.78 is 1.71. The summed E-state index contributed by atoms with van der Waals surface area (Å²) in [7, 11) is 0. The second-order valence-electron chi connectivity index (χ2n) is 3.08. The van der Waals surface area contributed by atoms with Crippen molar-refractivity contribution >= 4 is 0 Å². The predicted molar refractivity (Wildman–Crippen MR) is 51.2 cm³/mol. The highest BCUT2D eigenvalue weighted by Crippen LogP contribution is 2.05. The van der Waals surface area contributed by atoms with Crippen LogP contribution in [-0.4, -0.2) is 24.7 Å².